The Hall–Kier alpha value is -2.73. The first kappa shape index (κ1) is 23.3. The van der Waals surface area contributed by atoms with E-state index in [-0.39, 0.29) is 6.61 Å². The van der Waals surface area contributed by atoms with Gasteiger partial charge < -0.3 is 34.7 Å². The highest BCUT2D eigenvalue weighted by Gasteiger charge is 2.52. The molecule has 0 aromatic heterocycles. The first-order chi connectivity index (χ1) is 13.0. The van der Waals surface area contributed by atoms with Gasteiger partial charge in [-0.2, -0.15) is 0 Å². The molecule has 0 radical (unpaired) electrons. The molecular weight excluding hydrogens is 380 g/mol. The number of nitrogens with one attached hydrogen (secondary N) is 1. The van der Waals surface area contributed by atoms with Gasteiger partial charge in [0.25, 0.3) is 0 Å². The summed E-state index contributed by atoms with van der Waals surface area (Å²) in [5.74, 6) is -3.56. The molecule has 1 heterocycles. The number of hydrogen-bond acceptors (Lipinski definition) is 11. The lowest BCUT2D eigenvalue weighted by molar-refractivity contribution is -0.271. The zero-order chi connectivity index (χ0) is 21.4. The van der Waals surface area contributed by atoms with Crippen molar-refractivity contribution in [3.05, 3.63) is 0 Å². The maximum absolute atomic E-state index is 11.8. The molecule has 0 aromatic rings. The van der Waals surface area contributed by atoms with Gasteiger partial charge in [0.2, 0.25) is 12.2 Å². The van der Waals surface area contributed by atoms with Crippen LogP contribution in [0, 0.1) is 0 Å². The zero-order valence-corrected chi connectivity index (χ0v) is 16.0. The van der Waals surface area contributed by atoms with Gasteiger partial charge in [-0.05, 0) is 0 Å². The first-order valence-electron chi connectivity index (χ1n) is 8.35. The predicted molar refractivity (Wildman–Crippen MR) is 89.2 cm³/mol. The summed E-state index contributed by atoms with van der Waals surface area (Å²) in [5.41, 5.74) is 5.30. The van der Waals surface area contributed by atoms with Crippen LogP contribution in [-0.2, 0) is 47.7 Å². The van der Waals surface area contributed by atoms with Crippen LogP contribution in [0.5, 0.6) is 0 Å². The van der Waals surface area contributed by atoms with Crippen LogP contribution in [-0.4, -0.2) is 73.6 Å². The number of esters is 4. The third-order valence-electron chi connectivity index (χ3n) is 3.50. The van der Waals surface area contributed by atoms with Gasteiger partial charge in [-0.3, -0.25) is 24.0 Å². The summed E-state index contributed by atoms with van der Waals surface area (Å²) in [6.07, 6.45) is -5.15. The van der Waals surface area contributed by atoms with Crippen LogP contribution in [0.4, 0.5) is 0 Å². The molecule has 0 saturated carbocycles. The van der Waals surface area contributed by atoms with Crippen LogP contribution in [0.2, 0.25) is 0 Å². The predicted octanol–water partition coefficient (Wildman–Crippen LogP) is -1.86. The zero-order valence-electron chi connectivity index (χ0n) is 16.0. The van der Waals surface area contributed by atoms with Crippen LogP contribution in [0.1, 0.15) is 27.7 Å². The van der Waals surface area contributed by atoms with Gasteiger partial charge >= 0.3 is 23.9 Å². The topological polar surface area (TPSA) is 170 Å². The van der Waals surface area contributed by atoms with Gasteiger partial charge in [-0.1, -0.05) is 0 Å². The maximum atomic E-state index is 11.8. The second-order valence-electron chi connectivity index (χ2n) is 5.90. The van der Waals surface area contributed by atoms with Crippen LogP contribution in [0.3, 0.4) is 0 Å². The SMILES string of the molecule is CC(=O)OC[C@H]1O[C@H](OC(C)=O)[C@H](NC(=O)CN)[C@@H](OC(C)=O)[C@@H]1OC(C)=O. The molecule has 1 fully saturated rings. The molecule has 3 N–H and O–H groups in total. The highest BCUT2D eigenvalue weighted by atomic mass is 16.7. The fraction of sp³-hybridized carbons (Fsp3) is 0.688. The lowest BCUT2D eigenvalue weighted by Gasteiger charge is -2.44. The van der Waals surface area contributed by atoms with E-state index >= 15 is 0 Å². The van der Waals surface area contributed by atoms with Crippen molar-refractivity contribution in [2.24, 2.45) is 5.73 Å². The lowest BCUT2D eigenvalue weighted by Crippen LogP contribution is -2.67. The van der Waals surface area contributed by atoms with Crippen molar-refractivity contribution < 1.29 is 47.7 Å². The third kappa shape index (κ3) is 7.12. The first-order valence-corrected chi connectivity index (χ1v) is 8.35. The molecule has 0 aliphatic carbocycles. The van der Waals surface area contributed by atoms with E-state index < -0.39 is 67.0 Å². The summed E-state index contributed by atoms with van der Waals surface area (Å²) in [6, 6.07) is -1.23. The maximum Gasteiger partial charge on any atom is 0.305 e. The number of rotatable bonds is 7. The molecule has 0 spiro atoms. The minimum absolute atomic E-state index is 0.389. The van der Waals surface area contributed by atoms with Crippen LogP contribution in [0.25, 0.3) is 0 Å². The number of ether oxygens (including phenoxy) is 5. The van der Waals surface area contributed by atoms with E-state index in [0.717, 1.165) is 27.7 Å². The van der Waals surface area contributed by atoms with Crippen LogP contribution in [0.15, 0.2) is 0 Å². The van der Waals surface area contributed by atoms with Gasteiger partial charge in [0.15, 0.2) is 12.2 Å². The second kappa shape index (κ2) is 10.6. The summed E-state index contributed by atoms with van der Waals surface area (Å²) in [6.45, 7) is 3.67. The summed E-state index contributed by atoms with van der Waals surface area (Å²) in [4.78, 5) is 57.6. The molecule has 12 nitrogen and oxygen atoms in total. The van der Waals surface area contributed by atoms with E-state index in [1.165, 1.54) is 0 Å². The minimum atomic E-state index is -1.43. The van der Waals surface area contributed by atoms with Crippen molar-refractivity contribution in [2.75, 3.05) is 13.2 Å². The average molecular weight is 404 g/mol. The largest absolute Gasteiger partial charge is 0.463 e. The van der Waals surface area contributed by atoms with Gasteiger partial charge in [-0.15, -0.1) is 0 Å². The van der Waals surface area contributed by atoms with E-state index in [1.807, 2.05) is 0 Å². The Labute approximate surface area is 160 Å². The monoisotopic (exact) mass is 404 g/mol. The fourth-order valence-electron chi connectivity index (χ4n) is 2.56. The Morgan fingerprint density at radius 1 is 0.857 bits per heavy atom. The molecule has 28 heavy (non-hydrogen) atoms. The molecule has 1 aliphatic rings. The number of amides is 1. The number of nitrogens with two attached hydrogens (primary N) is 1. The summed E-state index contributed by atoms with van der Waals surface area (Å²) in [7, 11) is 0. The average Bonchev–Trinajstić information content (AvgIpc) is 2.56. The molecule has 0 unspecified atom stereocenters. The molecule has 158 valence electrons. The molecule has 1 aliphatic heterocycles. The van der Waals surface area contributed by atoms with E-state index in [1.54, 1.807) is 0 Å². The Balaban J connectivity index is 3.31. The van der Waals surface area contributed by atoms with Crippen molar-refractivity contribution in [1.82, 2.24) is 5.32 Å². The third-order valence-corrected chi connectivity index (χ3v) is 3.50. The standard InChI is InChI=1S/C16H24N2O10/c1-7(19)24-6-11-14(25-8(2)20)15(26-9(3)21)13(18-12(23)5-17)16(28-11)27-10(4)22/h11,13-16H,5-6,17H2,1-4H3,(H,18,23)/t11-,13-,14-,15-,16+/m1/s1. The summed E-state index contributed by atoms with van der Waals surface area (Å²) < 4.78 is 26.0. The van der Waals surface area contributed by atoms with Gasteiger partial charge in [-0.25, -0.2) is 0 Å². The smallest absolute Gasteiger partial charge is 0.305 e. The molecule has 1 amide bonds. The lowest BCUT2D eigenvalue weighted by atomic mass is 9.96. The van der Waals surface area contributed by atoms with Crippen molar-refractivity contribution in [1.29, 1.82) is 0 Å². The van der Waals surface area contributed by atoms with Gasteiger partial charge in [0, 0.05) is 27.7 Å². The molecule has 1 rings (SSSR count). The Bertz CT molecular complexity index is 623. The van der Waals surface area contributed by atoms with E-state index in [2.05, 4.69) is 5.32 Å². The molecule has 12 heteroatoms. The number of hydrogen-bond donors (Lipinski definition) is 2. The number of carbonyl (C=O) groups is 5. The molecule has 5 atom stereocenters. The minimum Gasteiger partial charge on any atom is -0.463 e. The normalized spacial score (nSPS) is 26.5. The van der Waals surface area contributed by atoms with E-state index in [4.69, 9.17) is 29.4 Å². The highest BCUT2D eigenvalue weighted by molar-refractivity contribution is 5.78. The van der Waals surface area contributed by atoms with Crippen molar-refractivity contribution >= 4 is 29.8 Å². The number of carbonyl (C=O) groups excluding carboxylic acids is 5. The quantitative estimate of drug-likeness (QED) is 0.360. The Kier molecular flexibility index (Phi) is 8.79. The van der Waals surface area contributed by atoms with Crippen molar-refractivity contribution in [2.45, 2.75) is 58.3 Å². The van der Waals surface area contributed by atoms with Crippen LogP contribution < -0.4 is 11.1 Å². The molecule has 0 aromatic carbocycles. The summed E-state index contributed by atoms with van der Waals surface area (Å²) >= 11 is 0. The highest BCUT2D eigenvalue weighted by Crippen LogP contribution is 2.28. The molecule has 0 bridgehead atoms. The van der Waals surface area contributed by atoms with Gasteiger partial charge in [0.1, 0.15) is 18.8 Å². The van der Waals surface area contributed by atoms with E-state index in [0.29, 0.717) is 0 Å². The fourth-order valence-corrected chi connectivity index (χ4v) is 2.56. The van der Waals surface area contributed by atoms with Crippen LogP contribution >= 0.6 is 0 Å². The summed E-state index contributed by atoms with van der Waals surface area (Å²) in [5, 5.41) is 2.43. The van der Waals surface area contributed by atoms with Crippen molar-refractivity contribution in [3.8, 4) is 0 Å². The van der Waals surface area contributed by atoms with Crippen molar-refractivity contribution in [3.63, 3.8) is 0 Å². The second-order valence-corrected chi connectivity index (χ2v) is 5.90. The Morgan fingerprint density at radius 3 is 1.86 bits per heavy atom. The Morgan fingerprint density at radius 2 is 1.39 bits per heavy atom. The van der Waals surface area contributed by atoms with Gasteiger partial charge in [0.05, 0.1) is 6.54 Å². The molecule has 1 saturated heterocycles. The van der Waals surface area contributed by atoms with E-state index in [9.17, 15) is 24.0 Å². The molecular formula is C16H24N2O10.